The maximum absolute atomic E-state index is 13.9. The van der Waals surface area contributed by atoms with Gasteiger partial charge in [-0.25, -0.2) is 8.42 Å². The molecule has 174 valence electrons. The van der Waals surface area contributed by atoms with E-state index >= 15 is 0 Å². The van der Waals surface area contributed by atoms with Gasteiger partial charge >= 0.3 is 0 Å². The Hall–Kier alpha value is -3.62. The Morgan fingerprint density at radius 1 is 0.941 bits per heavy atom. The number of benzene rings is 3. The smallest absolute Gasteiger partial charge is 0.267 e. The highest BCUT2D eigenvalue weighted by Crippen LogP contribution is 2.38. The van der Waals surface area contributed by atoms with Crippen molar-refractivity contribution < 1.29 is 17.9 Å². The molecular weight excluding hydrogens is 468 g/mol. The third kappa shape index (κ3) is 4.69. The molecule has 1 heterocycles. The van der Waals surface area contributed by atoms with Crippen LogP contribution < -0.4 is 14.4 Å². The van der Waals surface area contributed by atoms with Gasteiger partial charge in [0.05, 0.1) is 12.8 Å². The number of anilines is 2. The van der Waals surface area contributed by atoms with E-state index in [0.29, 0.717) is 22.7 Å². The molecule has 0 aliphatic rings. The van der Waals surface area contributed by atoms with Crippen molar-refractivity contribution >= 4 is 38.6 Å². The number of hydrogen-bond acceptors (Lipinski definition) is 5. The van der Waals surface area contributed by atoms with Crippen LogP contribution in [0.25, 0.3) is 11.1 Å². The zero-order valence-electron chi connectivity index (χ0n) is 19.0. The number of aryl methyl sites for hydroxylation is 1. The Kier molecular flexibility index (Phi) is 6.72. The summed E-state index contributed by atoms with van der Waals surface area (Å²) < 4.78 is 34.1. The van der Waals surface area contributed by atoms with Crippen molar-refractivity contribution in [3.63, 3.8) is 0 Å². The molecular formula is C26H24N2O4S2. The summed E-state index contributed by atoms with van der Waals surface area (Å²) in [4.78, 5) is 13.4. The number of sulfonamides is 1. The van der Waals surface area contributed by atoms with Crippen LogP contribution >= 0.6 is 11.3 Å². The topological polar surface area (TPSA) is 75.7 Å². The molecule has 8 heteroatoms. The van der Waals surface area contributed by atoms with Crippen LogP contribution in [0.4, 0.5) is 11.4 Å². The molecule has 1 N–H and O–H groups in total. The van der Waals surface area contributed by atoms with Crippen LogP contribution in [0.15, 0.2) is 89.1 Å². The van der Waals surface area contributed by atoms with Gasteiger partial charge in [-0.2, -0.15) is 0 Å². The fourth-order valence-electron chi connectivity index (χ4n) is 3.47. The lowest BCUT2D eigenvalue weighted by Gasteiger charge is -2.21. The number of nitrogens with zero attached hydrogens (tertiary/aromatic N) is 1. The summed E-state index contributed by atoms with van der Waals surface area (Å²) in [7, 11) is -0.997. The van der Waals surface area contributed by atoms with Gasteiger partial charge in [-0.05, 0) is 48.9 Å². The summed E-state index contributed by atoms with van der Waals surface area (Å²) in [5.41, 5.74) is 3.28. The number of methoxy groups -OCH3 is 1. The van der Waals surface area contributed by atoms with Crippen LogP contribution in [-0.4, -0.2) is 28.5 Å². The minimum absolute atomic E-state index is 0.0159. The molecule has 0 fully saturated rings. The lowest BCUT2D eigenvalue weighted by molar-refractivity contribution is 0.102. The van der Waals surface area contributed by atoms with Crippen molar-refractivity contribution in [1.29, 1.82) is 0 Å². The molecule has 0 saturated heterocycles. The van der Waals surface area contributed by atoms with Gasteiger partial charge in [-0.3, -0.25) is 9.10 Å². The molecule has 6 nitrogen and oxygen atoms in total. The van der Waals surface area contributed by atoms with Crippen LogP contribution in [0.5, 0.6) is 5.75 Å². The van der Waals surface area contributed by atoms with Gasteiger partial charge in [0.15, 0.2) is 0 Å². The molecule has 3 aromatic carbocycles. The molecule has 4 aromatic rings. The quantitative estimate of drug-likeness (QED) is 0.353. The van der Waals surface area contributed by atoms with E-state index in [2.05, 4.69) is 5.32 Å². The monoisotopic (exact) mass is 492 g/mol. The second-order valence-corrected chi connectivity index (χ2v) is 10.5. The molecule has 0 atom stereocenters. The third-order valence-corrected chi connectivity index (χ3v) is 8.38. The van der Waals surface area contributed by atoms with E-state index in [1.807, 2.05) is 49.4 Å². The number of carbonyl (C=O) groups is 1. The highest BCUT2D eigenvalue weighted by Gasteiger charge is 2.32. The maximum Gasteiger partial charge on any atom is 0.267 e. The highest BCUT2D eigenvalue weighted by atomic mass is 32.2. The largest absolute Gasteiger partial charge is 0.497 e. The molecule has 0 bridgehead atoms. The highest BCUT2D eigenvalue weighted by molar-refractivity contribution is 7.93. The summed E-state index contributed by atoms with van der Waals surface area (Å²) >= 11 is 1.11. The number of thiophene rings is 1. The number of ether oxygens (including phenoxy) is 1. The van der Waals surface area contributed by atoms with Gasteiger partial charge in [-0.15, -0.1) is 11.3 Å². The first-order valence-electron chi connectivity index (χ1n) is 10.5. The van der Waals surface area contributed by atoms with Gasteiger partial charge in [0.1, 0.15) is 15.5 Å². The van der Waals surface area contributed by atoms with Gasteiger partial charge in [-0.1, -0.05) is 48.0 Å². The first kappa shape index (κ1) is 23.5. The lowest BCUT2D eigenvalue weighted by atomic mass is 10.1. The predicted octanol–water partition coefficient (Wildman–Crippen LogP) is 5.81. The average molecular weight is 493 g/mol. The van der Waals surface area contributed by atoms with Crippen molar-refractivity contribution in [2.45, 2.75) is 11.8 Å². The van der Waals surface area contributed by atoms with Crippen molar-refractivity contribution in [3.05, 3.63) is 94.7 Å². The molecule has 4 rings (SSSR count). The maximum atomic E-state index is 13.9. The average Bonchev–Trinajstić information content (AvgIpc) is 3.31. The molecule has 0 aliphatic heterocycles. The Balaban J connectivity index is 1.79. The fourth-order valence-corrected chi connectivity index (χ4v) is 6.32. The molecule has 34 heavy (non-hydrogen) atoms. The Morgan fingerprint density at radius 2 is 1.59 bits per heavy atom. The third-order valence-electron chi connectivity index (χ3n) is 5.40. The summed E-state index contributed by atoms with van der Waals surface area (Å²) in [6.07, 6.45) is 0. The zero-order chi connectivity index (χ0) is 24.3. The van der Waals surface area contributed by atoms with E-state index in [9.17, 15) is 13.2 Å². The van der Waals surface area contributed by atoms with Crippen LogP contribution in [0.1, 0.15) is 15.2 Å². The van der Waals surface area contributed by atoms with Crippen molar-refractivity contribution in [3.8, 4) is 16.9 Å². The number of amides is 1. The normalized spacial score (nSPS) is 11.1. The van der Waals surface area contributed by atoms with E-state index < -0.39 is 15.9 Å². The van der Waals surface area contributed by atoms with Gasteiger partial charge < -0.3 is 10.1 Å². The van der Waals surface area contributed by atoms with Crippen molar-refractivity contribution in [2.75, 3.05) is 23.8 Å². The van der Waals surface area contributed by atoms with E-state index in [1.54, 1.807) is 48.9 Å². The number of nitrogens with one attached hydrogen (secondary N) is 1. The second-order valence-electron chi connectivity index (χ2n) is 7.66. The molecule has 0 radical (unpaired) electrons. The molecule has 0 aliphatic carbocycles. The van der Waals surface area contributed by atoms with Gasteiger partial charge in [0.2, 0.25) is 0 Å². The van der Waals surface area contributed by atoms with Crippen LogP contribution in [0.3, 0.4) is 0 Å². The summed E-state index contributed by atoms with van der Waals surface area (Å²) in [5, 5.41) is 4.52. The molecule has 1 amide bonds. The summed E-state index contributed by atoms with van der Waals surface area (Å²) in [6.45, 7) is 1.94. The van der Waals surface area contributed by atoms with Crippen molar-refractivity contribution in [1.82, 2.24) is 0 Å². The van der Waals surface area contributed by atoms with E-state index in [0.717, 1.165) is 22.5 Å². The van der Waals surface area contributed by atoms with E-state index in [4.69, 9.17) is 4.74 Å². The van der Waals surface area contributed by atoms with Crippen LogP contribution in [0.2, 0.25) is 0 Å². The summed E-state index contributed by atoms with van der Waals surface area (Å²) in [6, 6.07) is 23.3. The molecule has 1 aromatic heterocycles. The Bertz CT molecular complexity index is 1400. The molecule has 0 unspecified atom stereocenters. The number of rotatable bonds is 7. The van der Waals surface area contributed by atoms with Crippen LogP contribution in [-0.2, 0) is 10.0 Å². The van der Waals surface area contributed by atoms with Gasteiger partial charge in [0.25, 0.3) is 15.9 Å². The van der Waals surface area contributed by atoms with E-state index in [1.165, 1.54) is 11.4 Å². The first-order valence-corrected chi connectivity index (χ1v) is 12.8. The minimum Gasteiger partial charge on any atom is -0.497 e. The predicted molar refractivity (Wildman–Crippen MR) is 137 cm³/mol. The second kappa shape index (κ2) is 9.70. The number of hydrogen-bond donors (Lipinski definition) is 1. The fraction of sp³-hybridized carbons (Fsp3) is 0.115. The van der Waals surface area contributed by atoms with E-state index in [-0.39, 0.29) is 9.77 Å². The Labute approximate surface area is 203 Å². The van der Waals surface area contributed by atoms with Crippen molar-refractivity contribution in [2.24, 2.45) is 0 Å². The van der Waals surface area contributed by atoms with Gasteiger partial charge in [0, 0.05) is 23.7 Å². The minimum atomic E-state index is -4.06. The number of carbonyl (C=O) groups excluding carboxylic acids is 1. The molecule has 0 saturated carbocycles. The summed E-state index contributed by atoms with van der Waals surface area (Å²) in [5.74, 6) is 0.164. The Morgan fingerprint density at radius 3 is 2.21 bits per heavy atom. The van der Waals surface area contributed by atoms with Crippen LogP contribution in [0, 0.1) is 6.92 Å². The SMILES string of the molecule is COc1ccc(NC(=O)c2scc(-c3ccccc3)c2S(=O)(=O)N(C)c2ccc(C)cc2)cc1. The standard InChI is InChI=1S/C26H24N2O4S2/c1-18-9-13-21(14-10-18)28(2)34(30,31)25-23(19-7-5-4-6-8-19)17-33-24(25)26(29)27-20-11-15-22(32-3)16-12-20/h4-17H,1-3H3,(H,27,29). The lowest BCUT2D eigenvalue weighted by Crippen LogP contribution is -2.28. The zero-order valence-corrected chi connectivity index (χ0v) is 20.6. The first-order chi connectivity index (χ1) is 16.3. The molecule has 0 spiro atoms.